The van der Waals surface area contributed by atoms with Gasteiger partial charge in [0.25, 0.3) is 5.91 Å². The van der Waals surface area contributed by atoms with Crippen molar-refractivity contribution < 1.29 is 23.8 Å². The summed E-state index contributed by atoms with van der Waals surface area (Å²) in [5.74, 6) is 0.921. The van der Waals surface area contributed by atoms with E-state index in [0.717, 1.165) is 38.1 Å². The Morgan fingerprint density at radius 3 is 2.71 bits per heavy atom. The van der Waals surface area contributed by atoms with Crippen molar-refractivity contribution in [1.82, 2.24) is 9.88 Å². The number of carbonyl (C=O) groups excluding carboxylic acids is 1. The van der Waals surface area contributed by atoms with Crippen LogP contribution in [0.4, 0.5) is 0 Å². The number of aliphatic carboxylic acids is 1. The topological polar surface area (TPSA) is 92.9 Å². The molecule has 1 aromatic rings. The summed E-state index contributed by atoms with van der Waals surface area (Å²) in [4.78, 5) is 30.0. The third-order valence-corrected chi connectivity index (χ3v) is 7.98. The number of aromatic nitrogens is 1. The number of nitrogens with zero attached hydrogens (tertiary/aromatic N) is 2. The molecule has 3 heterocycles. The van der Waals surface area contributed by atoms with Gasteiger partial charge in [-0.15, -0.1) is 0 Å². The van der Waals surface area contributed by atoms with Crippen LogP contribution in [0.2, 0.25) is 0 Å². The minimum Gasteiger partial charge on any atom is -0.481 e. The lowest BCUT2D eigenvalue weighted by molar-refractivity contribution is -0.136. The Hall–Kier alpha value is -2.15. The normalized spacial score (nSPS) is 27.0. The maximum Gasteiger partial charge on any atom is 0.303 e. The maximum atomic E-state index is 12.9. The number of ether oxygens (including phenoxy) is 1. The number of oxazole rings is 1. The van der Waals surface area contributed by atoms with Crippen molar-refractivity contribution in [2.75, 3.05) is 13.6 Å². The summed E-state index contributed by atoms with van der Waals surface area (Å²) in [5.41, 5.74) is 0.378. The van der Waals surface area contributed by atoms with Crippen molar-refractivity contribution in [2.45, 2.75) is 102 Å². The fraction of sp³-hybridized carbons (Fsp3) is 0.741. The highest BCUT2D eigenvalue weighted by molar-refractivity contribution is 5.91. The van der Waals surface area contributed by atoms with Gasteiger partial charge in [-0.1, -0.05) is 57.1 Å². The van der Waals surface area contributed by atoms with Gasteiger partial charge in [-0.05, 0) is 38.0 Å². The predicted octanol–water partition coefficient (Wildman–Crippen LogP) is 5.57. The highest BCUT2D eigenvalue weighted by Gasteiger charge is 2.51. The predicted molar refractivity (Wildman–Crippen MR) is 129 cm³/mol. The van der Waals surface area contributed by atoms with Gasteiger partial charge >= 0.3 is 5.97 Å². The van der Waals surface area contributed by atoms with Crippen LogP contribution in [0.5, 0.6) is 0 Å². The molecule has 1 aromatic heterocycles. The molecule has 0 spiro atoms. The van der Waals surface area contributed by atoms with Crippen LogP contribution >= 0.6 is 0 Å². The van der Waals surface area contributed by atoms with E-state index in [4.69, 9.17) is 14.3 Å². The van der Waals surface area contributed by atoms with Crippen LogP contribution in [-0.2, 0) is 9.53 Å². The first-order valence-electron chi connectivity index (χ1n) is 13.3. The molecule has 188 valence electrons. The first-order chi connectivity index (χ1) is 16.5. The molecule has 1 saturated carbocycles. The van der Waals surface area contributed by atoms with E-state index in [1.807, 2.05) is 13.1 Å². The largest absolute Gasteiger partial charge is 0.481 e. The smallest absolute Gasteiger partial charge is 0.303 e. The van der Waals surface area contributed by atoms with Gasteiger partial charge in [-0.2, -0.15) is 0 Å². The highest BCUT2D eigenvalue weighted by Crippen LogP contribution is 2.50. The van der Waals surface area contributed by atoms with Crippen LogP contribution in [0.1, 0.15) is 106 Å². The summed E-state index contributed by atoms with van der Waals surface area (Å²) in [7, 11) is 1.85. The Kier molecular flexibility index (Phi) is 8.81. The Morgan fingerprint density at radius 2 is 1.91 bits per heavy atom. The van der Waals surface area contributed by atoms with E-state index in [1.54, 1.807) is 4.90 Å². The second-order valence-corrected chi connectivity index (χ2v) is 10.4. The van der Waals surface area contributed by atoms with Gasteiger partial charge < -0.3 is 19.2 Å². The fourth-order valence-electron chi connectivity index (χ4n) is 6.09. The fourth-order valence-corrected chi connectivity index (χ4v) is 6.09. The van der Waals surface area contributed by atoms with E-state index >= 15 is 0 Å². The quantitative estimate of drug-likeness (QED) is 0.316. The molecule has 2 saturated heterocycles. The molecule has 4 atom stereocenters. The summed E-state index contributed by atoms with van der Waals surface area (Å²) in [5, 5.41) is 8.80. The molecule has 1 N–H and O–H groups in total. The number of allylic oxidation sites excluding steroid dienone is 2. The number of carboxylic acids is 1. The van der Waals surface area contributed by atoms with Crippen molar-refractivity contribution in [2.24, 2.45) is 11.8 Å². The molecule has 34 heavy (non-hydrogen) atoms. The molecule has 3 aliphatic rings. The number of hydrogen-bond donors (Lipinski definition) is 1. The average Bonchev–Trinajstić information content (AvgIpc) is 3.58. The number of carboxylic acid groups (broad SMARTS) is 1. The van der Waals surface area contributed by atoms with E-state index in [2.05, 4.69) is 11.1 Å². The number of carbonyl (C=O) groups is 2. The lowest BCUT2D eigenvalue weighted by atomic mass is 9.77. The zero-order valence-electron chi connectivity index (χ0n) is 20.5. The standard InChI is InChI=1S/C27H40N2O5/c1-29(17-9-8-12-19-10-4-2-5-11-19)27(32)21-18-33-26(28-21)25-20(22-15-16-23(25)34-22)13-6-3-7-14-24(30)31/h3,6,18-20,22-23,25H,2,4-5,7-17H2,1H3,(H,30,31)/b6-3-. The highest BCUT2D eigenvalue weighted by atomic mass is 16.5. The van der Waals surface area contributed by atoms with Crippen LogP contribution in [0.25, 0.3) is 0 Å². The molecule has 1 amide bonds. The second kappa shape index (κ2) is 12.0. The van der Waals surface area contributed by atoms with Crippen LogP contribution < -0.4 is 0 Å². The van der Waals surface area contributed by atoms with Crippen LogP contribution in [0.3, 0.4) is 0 Å². The second-order valence-electron chi connectivity index (χ2n) is 10.4. The number of rotatable bonds is 12. The Balaban J connectivity index is 1.27. The van der Waals surface area contributed by atoms with Crippen LogP contribution in [0, 0.1) is 11.8 Å². The molecule has 2 bridgehead atoms. The molecule has 2 aliphatic heterocycles. The summed E-state index contributed by atoms with van der Waals surface area (Å²) in [6.45, 7) is 0.745. The third-order valence-electron chi connectivity index (χ3n) is 7.98. The van der Waals surface area contributed by atoms with E-state index in [9.17, 15) is 9.59 Å². The third kappa shape index (κ3) is 6.29. The van der Waals surface area contributed by atoms with Crippen molar-refractivity contribution in [3.8, 4) is 0 Å². The SMILES string of the molecule is CN(CCCCC1CCCCC1)C(=O)c1coc(C2C3CCC(O3)C2C/C=C\CCC(=O)O)n1. The zero-order chi connectivity index (χ0) is 23.9. The first kappa shape index (κ1) is 25.0. The van der Waals surface area contributed by atoms with Gasteiger partial charge in [0, 0.05) is 25.9 Å². The van der Waals surface area contributed by atoms with E-state index in [1.165, 1.54) is 51.2 Å². The lowest BCUT2D eigenvalue weighted by Gasteiger charge is -2.24. The summed E-state index contributed by atoms with van der Waals surface area (Å²) in [6.07, 6.45) is 19.7. The van der Waals surface area contributed by atoms with Gasteiger partial charge in [-0.3, -0.25) is 9.59 Å². The molecule has 1 aliphatic carbocycles. The minimum absolute atomic E-state index is 0.0465. The summed E-state index contributed by atoms with van der Waals surface area (Å²) < 4.78 is 12.0. The van der Waals surface area contributed by atoms with Crippen molar-refractivity contribution in [3.05, 3.63) is 30.0 Å². The van der Waals surface area contributed by atoms with Crippen LogP contribution in [-0.4, -0.2) is 52.7 Å². The van der Waals surface area contributed by atoms with Crippen molar-refractivity contribution in [1.29, 1.82) is 0 Å². The summed E-state index contributed by atoms with van der Waals surface area (Å²) in [6, 6.07) is 0. The van der Waals surface area contributed by atoms with Gasteiger partial charge in [0.05, 0.1) is 18.1 Å². The lowest BCUT2D eigenvalue weighted by Crippen LogP contribution is -2.28. The number of unbranched alkanes of at least 4 members (excludes halogenated alkanes) is 1. The molecular formula is C27H40N2O5. The molecule has 0 aromatic carbocycles. The Morgan fingerprint density at radius 1 is 1.12 bits per heavy atom. The van der Waals surface area contributed by atoms with E-state index in [-0.39, 0.29) is 36.4 Å². The van der Waals surface area contributed by atoms with Gasteiger partial charge in [0.1, 0.15) is 6.26 Å². The number of hydrogen-bond acceptors (Lipinski definition) is 5. The van der Waals surface area contributed by atoms with Crippen molar-refractivity contribution >= 4 is 11.9 Å². The number of fused-ring (bicyclic) bond motifs is 2. The van der Waals surface area contributed by atoms with Gasteiger partial charge in [0.2, 0.25) is 5.89 Å². The monoisotopic (exact) mass is 472 g/mol. The molecule has 7 nitrogen and oxygen atoms in total. The molecule has 7 heteroatoms. The van der Waals surface area contributed by atoms with E-state index < -0.39 is 5.97 Å². The maximum absolute atomic E-state index is 12.9. The molecule has 4 rings (SSSR count). The Bertz CT molecular complexity index is 844. The molecule has 3 fully saturated rings. The summed E-state index contributed by atoms with van der Waals surface area (Å²) >= 11 is 0. The van der Waals surface area contributed by atoms with E-state index in [0.29, 0.717) is 18.0 Å². The first-order valence-corrected chi connectivity index (χ1v) is 13.3. The molecule has 4 unspecified atom stereocenters. The average molecular weight is 473 g/mol. The van der Waals surface area contributed by atoms with Gasteiger partial charge in [0.15, 0.2) is 5.69 Å². The van der Waals surface area contributed by atoms with Gasteiger partial charge in [-0.25, -0.2) is 4.98 Å². The zero-order valence-corrected chi connectivity index (χ0v) is 20.5. The Labute approximate surface area is 202 Å². The molecule has 0 radical (unpaired) electrons. The minimum atomic E-state index is -0.781. The number of amides is 1. The van der Waals surface area contributed by atoms with Crippen LogP contribution in [0.15, 0.2) is 22.8 Å². The molecular weight excluding hydrogens is 432 g/mol. The van der Waals surface area contributed by atoms with Crippen molar-refractivity contribution in [3.63, 3.8) is 0 Å².